The van der Waals surface area contributed by atoms with Gasteiger partial charge in [-0.1, -0.05) is 29.4 Å². The minimum absolute atomic E-state index is 0.506. The minimum Gasteiger partial charge on any atom is -0.479 e. The van der Waals surface area contributed by atoms with Gasteiger partial charge in [-0.15, -0.1) is 0 Å². The third-order valence-electron chi connectivity index (χ3n) is 1.41. The second-order valence-corrected chi connectivity index (χ2v) is 4.43. The molecule has 0 radical (unpaired) electrons. The van der Waals surface area contributed by atoms with Crippen molar-refractivity contribution in [2.45, 2.75) is 12.7 Å². The maximum atomic E-state index is 5.66. The molecule has 0 aliphatic carbocycles. The van der Waals surface area contributed by atoms with Gasteiger partial charge in [-0.2, -0.15) is 0 Å². The summed E-state index contributed by atoms with van der Waals surface area (Å²) >= 11 is 12.1. The van der Waals surface area contributed by atoms with Crippen molar-refractivity contribution >= 4 is 40.0 Å². The Bertz CT molecular complexity index is 302. The minimum atomic E-state index is 0.506. The van der Waals surface area contributed by atoms with Gasteiger partial charge in [0.1, 0.15) is 5.15 Å². The van der Waals surface area contributed by atoms with Gasteiger partial charge < -0.3 is 4.74 Å². The average molecular weight is 248 g/mol. The van der Waals surface area contributed by atoms with Gasteiger partial charge in [-0.3, -0.25) is 0 Å². The molecule has 1 rings (SSSR count). The van der Waals surface area contributed by atoms with Crippen LogP contribution in [-0.2, 0) is 10.5 Å². The third-order valence-corrected chi connectivity index (χ3v) is 2.93. The van der Waals surface area contributed by atoms with Gasteiger partial charge in [-0.05, 0) is 30.8 Å². The van der Waals surface area contributed by atoms with Gasteiger partial charge in [0.2, 0.25) is 4.38 Å². The van der Waals surface area contributed by atoms with Crippen molar-refractivity contribution in [3.05, 3.63) is 29.0 Å². The quantitative estimate of drug-likeness (QED) is 0.604. The zero-order valence-corrected chi connectivity index (χ0v) is 10.1. The summed E-state index contributed by atoms with van der Waals surface area (Å²) in [5, 5.41) is 0.506. The lowest BCUT2D eigenvalue weighted by Crippen LogP contribution is -1.96. The molecule has 1 aromatic rings. The van der Waals surface area contributed by atoms with Gasteiger partial charge in [0, 0.05) is 11.9 Å². The van der Waals surface area contributed by atoms with Crippen LogP contribution in [0.25, 0.3) is 0 Å². The lowest BCUT2D eigenvalue weighted by molar-refractivity contribution is 0.346. The molecule has 0 aromatic carbocycles. The highest BCUT2D eigenvalue weighted by molar-refractivity contribution is 8.22. The number of pyridine rings is 1. The second kappa shape index (κ2) is 6.22. The average Bonchev–Trinajstić information content (AvgIpc) is 2.17. The lowest BCUT2D eigenvalue weighted by Gasteiger charge is -2.03. The highest BCUT2D eigenvalue weighted by Gasteiger charge is 1.99. The van der Waals surface area contributed by atoms with Gasteiger partial charge in [0.25, 0.3) is 0 Å². The monoisotopic (exact) mass is 247 g/mol. The van der Waals surface area contributed by atoms with E-state index in [9.17, 15) is 0 Å². The van der Waals surface area contributed by atoms with E-state index in [2.05, 4.69) is 4.98 Å². The Labute approximate surface area is 98.0 Å². The van der Waals surface area contributed by atoms with Gasteiger partial charge in [-0.25, -0.2) is 4.98 Å². The van der Waals surface area contributed by atoms with Crippen molar-refractivity contribution in [1.29, 1.82) is 0 Å². The number of thioether (sulfide) groups is 1. The summed E-state index contributed by atoms with van der Waals surface area (Å²) in [6.45, 7) is 2.53. The third kappa shape index (κ3) is 4.26. The number of nitrogens with zero attached hydrogens (tertiary/aromatic N) is 1. The molecular weight excluding hydrogens is 238 g/mol. The highest BCUT2D eigenvalue weighted by atomic mass is 35.5. The molecule has 0 fully saturated rings. The molecule has 14 heavy (non-hydrogen) atoms. The molecule has 0 spiro atoms. The van der Waals surface area contributed by atoms with E-state index in [-0.39, 0.29) is 0 Å². The molecule has 76 valence electrons. The number of ether oxygens (including phenoxy) is 1. The molecule has 0 aliphatic heterocycles. The van der Waals surface area contributed by atoms with Crippen LogP contribution in [0, 0.1) is 0 Å². The smallest absolute Gasteiger partial charge is 0.220 e. The molecule has 0 unspecified atom stereocenters. The van der Waals surface area contributed by atoms with E-state index in [1.807, 2.05) is 13.0 Å². The Morgan fingerprint density at radius 2 is 2.43 bits per heavy atom. The fraction of sp³-hybridized carbons (Fsp3) is 0.333. The van der Waals surface area contributed by atoms with E-state index in [4.69, 9.17) is 28.6 Å². The Morgan fingerprint density at radius 1 is 1.64 bits per heavy atom. The summed E-state index contributed by atoms with van der Waals surface area (Å²) in [6, 6.07) is 3.69. The topological polar surface area (TPSA) is 22.1 Å². The molecule has 1 aromatic heterocycles. The molecule has 2 nitrogen and oxygen atoms in total. The molecule has 5 heteroatoms. The van der Waals surface area contributed by atoms with Crippen molar-refractivity contribution in [3.63, 3.8) is 0 Å². The second-order valence-electron chi connectivity index (χ2n) is 2.46. The number of halogens is 1. The van der Waals surface area contributed by atoms with E-state index in [1.165, 1.54) is 11.8 Å². The number of hydrogen-bond donors (Lipinski definition) is 0. The zero-order valence-electron chi connectivity index (χ0n) is 7.70. The van der Waals surface area contributed by atoms with Crippen LogP contribution in [0.15, 0.2) is 18.3 Å². The van der Waals surface area contributed by atoms with Gasteiger partial charge in [0.05, 0.1) is 6.61 Å². The normalized spacial score (nSPS) is 9.86. The van der Waals surface area contributed by atoms with Crippen LogP contribution < -0.4 is 0 Å². The van der Waals surface area contributed by atoms with E-state index in [0.717, 1.165) is 11.3 Å². The number of aromatic nitrogens is 1. The lowest BCUT2D eigenvalue weighted by atomic mass is 10.3. The Hall–Kier alpha value is -0.320. The first-order valence-corrected chi connectivity index (χ1v) is 5.89. The van der Waals surface area contributed by atoms with E-state index in [1.54, 1.807) is 12.3 Å². The molecule has 0 atom stereocenters. The standard InChI is InChI=1S/C9H10ClNOS2/c1-2-12-9(13)14-6-7-3-4-8(10)11-5-7/h3-5H,2,6H2,1H3. The first-order valence-electron chi connectivity index (χ1n) is 4.12. The summed E-state index contributed by atoms with van der Waals surface area (Å²) in [5.41, 5.74) is 1.08. The first-order chi connectivity index (χ1) is 6.72. The van der Waals surface area contributed by atoms with Crippen molar-refractivity contribution in [1.82, 2.24) is 4.98 Å². The highest BCUT2D eigenvalue weighted by Crippen LogP contribution is 2.15. The molecule has 0 saturated heterocycles. The summed E-state index contributed by atoms with van der Waals surface area (Å²) in [7, 11) is 0. The molecule has 0 bridgehead atoms. The summed E-state index contributed by atoms with van der Waals surface area (Å²) < 4.78 is 5.71. The molecule has 0 saturated carbocycles. The Balaban J connectivity index is 2.38. The molecule has 1 heterocycles. The SMILES string of the molecule is CCOC(=S)SCc1ccc(Cl)nc1. The van der Waals surface area contributed by atoms with Crippen molar-refractivity contribution < 1.29 is 4.74 Å². The van der Waals surface area contributed by atoms with Crippen LogP contribution in [0.1, 0.15) is 12.5 Å². The zero-order chi connectivity index (χ0) is 10.4. The first kappa shape index (κ1) is 11.8. The van der Waals surface area contributed by atoms with Crippen LogP contribution in [0.3, 0.4) is 0 Å². The molecule has 0 amide bonds. The number of hydrogen-bond acceptors (Lipinski definition) is 4. The summed E-state index contributed by atoms with van der Waals surface area (Å²) in [6.07, 6.45) is 1.74. The van der Waals surface area contributed by atoms with Crippen molar-refractivity contribution in [2.24, 2.45) is 0 Å². The maximum Gasteiger partial charge on any atom is 0.220 e. The van der Waals surface area contributed by atoms with Crippen molar-refractivity contribution in [2.75, 3.05) is 6.61 Å². The predicted molar refractivity (Wildman–Crippen MR) is 64.8 cm³/mol. The van der Waals surface area contributed by atoms with Crippen LogP contribution in [0.2, 0.25) is 5.15 Å². The summed E-state index contributed by atoms with van der Waals surface area (Å²) in [4.78, 5) is 3.97. The van der Waals surface area contributed by atoms with Gasteiger partial charge in [0.15, 0.2) is 0 Å². The fourth-order valence-electron chi connectivity index (χ4n) is 0.794. The number of rotatable bonds is 3. The van der Waals surface area contributed by atoms with Gasteiger partial charge >= 0.3 is 0 Å². The van der Waals surface area contributed by atoms with E-state index in [0.29, 0.717) is 16.1 Å². The molecular formula is C9H10ClNOS2. The van der Waals surface area contributed by atoms with Crippen LogP contribution >= 0.6 is 35.6 Å². The maximum absolute atomic E-state index is 5.66. The van der Waals surface area contributed by atoms with Crippen LogP contribution in [0.4, 0.5) is 0 Å². The predicted octanol–water partition coefficient (Wildman–Crippen LogP) is 3.29. The largest absolute Gasteiger partial charge is 0.479 e. The van der Waals surface area contributed by atoms with Crippen LogP contribution in [-0.4, -0.2) is 16.0 Å². The Morgan fingerprint density at radius 3 is 3.00 bits per heavy atom. The molecule has 0 N–H and O–H groups in total. The number of thiocarbonyl (C=S) groups is 1. The van der Waals surface area contributed by atoms with Crippen LogP contribution in [0.5, 0.6) is 0 Å². The van der Waals surface area contributed by atoms with E-state index >= 15 is 0 Å². The fourth-order valence-corrected chi connectivity index (χ4v) is 1.86. The van der Waals surface area contributed by atoms with Crippen molar-refractivity contribution in [3.8, 4) is 0 Å². The molecule has 0 aliphatic rings. The van der Waals surface area contributed by atoms with E-state index < -0.39 is 0 Å². The summed E-state index contributed by atoms with van der Waals surface area (Å²) in [5.74, 6) is 0.767. The Kier molecular flexibility index (Phi) is 5.22.